The second kappa shape index (κ2) is 3.74. The third-order valence-electron chi connectivity index (χ3n) is 1.92. The number of likely N-dealkylation sites (tertiary alicyclic amines) is 1. The summed E-state index contributed by atoms with van der Waals surface area (Å²) < 4.78 is 0. The molecule has 2 heteroatoms. The molecule has 0 aliphatic carbocycles. The van der Waals surface area contributed by atoms with E-state index in [9.17, 15) is 4.79 Å². The molecule has 0 unspecified atom stereocenters. The van der Waals surface area contributed by atoms with E-state index >= 15 is 0 Å². The molecule has 1 aliphatic rings. The van der Waals surface area contributed by atoms with Crippen molar-refractivity contribution < 1.29 is 4.79 Å². The summed E-state index contributed by atoms with van der Waals surface area (Å²) in [5.74, 6) is 0.430. The number of hydrogen-bond acceptors (Lipinski definition) is 1. The number of hydrogen-bond donors (Lipinski definition) is 0. The van der Waals surface area contributed by atoms with E-state index in [2.05, 4.69) is 6.42 Å². The zero-order chi connectivity index (χ0) is 8.27. The van der Waals surface area contributed by atoms with Gasteiger partial charge < -0.3 is 4.90 Å². The van der Waals surface area contributed by atoms with Gasteiger partial charge >= 0.3 is 0 Å². The normalized spacial score (nSPS) is 19.0. The standard InChI is InChI=1S/C9H15NO/c1-8(2)9(11)10-6-4-3-5-7-10/h8H,4-7H2,1-2H3. The van der Waals surface area contributed by atoms with Crippen LogP contribution in [0, 0.1) is 12.3 Å². The van der Waals surface area contributed by atoms with E-state index in [1.807, 2.05) is 18.7 Å². The number of rotatable bonds is 1. The molecule has 1 heterocycles. The summed E-state index contributed by atoms with van der Waals surface area (Å²) in [7, 11) is 0. The van der Waals surface area contributed by atoms with Crippen LogP contribution < -0.4 is 0 Å². The molecule has 0 N–H and O–H groups in total. The molecule has 0 spiro atoms. The molecule has 0 aromatic carbocycles. The fourth-order valence-corrected chi connectivity index (χ4v) is 1.25. The molecule has 1 rings (SSSR count). The van der Waals surface area contributed by atoms with Crippen LogP contribution in [-0.4, -0.2) is 23.9 Å². The van der Waals surface area contributed by atoms with E-state index in [4.69, 9.17) is 0 Å². The first-order valence-electron chi connectivity index (χ1n) is 4.21. The third kappa shape index (κ3) is 2.21. The Kier molecular flexibility index (Phi) is 2.92. The van der Waals surface area contributed by atoms with Gasteiger partial charge in [0, 0.05) is 19.0 Å². The molecule has 1 aliphatic heterocycles. The van der Waals surface area contributed by atoms with Crippen LogP contribution in [0.1, 0.15) is 26.7 Å². The fraction of sp³-hybridized carbons (Fsp3) is 0.778. The highest BCUT2D eigenvalue weighted by molar-refractivity contribution is 5.78. The van der Waals surface area contributed by atoms with Gasteiger partial charge in [-0.25, -0.2) is 0 Å². The molecular formula is C9H15NO. The van der Waals surface area contributed by atoms with E-state index in [1.165, 1.54) is 0 Å². The molecular weight excluding hydrogens is 138 g/mol. The first kappa shape index (κ1) is 8.57. The number of carbonyl (C=O) groups excluding carboxylic acids is 1. The van der Waals surface area contributed by atoms with Gasteiger partial charge in [-0.05, 0) is 19.3 Å². The number of piperidine rings is 1. The minimum atomic E-state index is 0.146. The predicted octanol–water partition coefficient (Wildman–Crippen LogP) is 1.35. The highest BCUT2D eigenvalue weighted by atomic mass is 16.2. The van der Waals surface area contributed by atoms with Gasteiger partial charge in [0.25, 0.3) is 0 Å². The maximum Gasteiger partial charge on any atom is 0.225 e. The number of carbonyl (C=O) groups is 1. The summed E-state index contributed by atoms with van der Waals surface area (Å²) in [6.07, 6.45) is 5.10. The van der Waals surface area contributed by atoms with Crippen LogP contribution in [-0.2, 0) is 4.79 Å². The fourth-order valence-electron chi connectivity index (χ4n) is 1.25. The second-order valence-electron chi connectivity index (χ2n) is 3.23. The molecule has 0 saturated carbocycles. The van der Waals surface area contributed by atoms with Crippen molar-refractivity contribution in [1.29, 1.82) is 0 Å². The van der Waals surface area contributed by atoms with E-state index in [-0.39, 0.29) is 11.8 Å². The van der Waals surface area contributed by atoms with Crippen molar-refractivity contribution in [3.63, 3.8) is 0 Å². The number of nitrogens with zero attached hydrogens (tertiary/aromatic N) is 1. The molecule has 0 bridgehead atoms. The Balaban J connectivity index is 2.39. The van der Waals surface area contributed by atoms with Gasteiger partial charge in [-0.15, -0.1) is 0 Å². The lowest BCUT2D eigenvalue weighted by atomic mass is 10.1. The highest BCUT2D eigenvalue weighted by Crippen LogP contribution is 2.10. The Morgan fingerprint density at radius 3 is 2.36 bits per heavy atom. The Morgan fingerprint density at radius 2 is 1.91 bits per heavy atom. The van der Waals surface area contributed by atoms with Gasteiger partial charge in [0.15, 0.2) is 0 Å². The molecule has 0 aromatic heterocycles. The molecule has 1 amide bonds. The van der Waals surface area contributed by atoms with E-state index in [0.29, 0.717) is 0 Å². The van der Waals surface area contributed by atoms with Crippen molar-refractivity contribution in [2.24, 2.45) is 5.92 Å². The smallest absolute Gasteiger partial charge is 0.225 e. The van der Waals surface area contributed by atoms with Gasteiger partial charge in [-0.2, -0.15) is 0 Å². The lowest BCUT2D eigenvalue weighted by Gasteiger charge is -2.27. The maximum atomic E-state index is 11.4. The van der Waals surface area contributed by atoms with Gasteiger partial charge in [0.05, 0.1) is 0 Å². The van der Waals surface area contributed by atoms with Crippen molar-refractivity contribution in [1.82, 2.24) is 4.90 Å². The third-order valence-corrected chi connectivity index (χ3v) is 1.92. The summed E-state index contributed by atoms with van der Waals surface area (Å²) in [4.78, 5) is 13.3. The van der Waals surface area contributed by atoms with Crippen molar-refractivity contribution in [2.45, 2.75) is 26.7 Å². The van der Waals surface area contributed by atoms with Crippen LogP contribution in [0.3, 0.4) is 0 Å². The molecule has 11 heavy (non-hydrogen) atoms. The minimum absolute atomic E-state index is 0.146. The predicted molar refractivity (Wildman–Crippen MR) is 43.9 cm³/mol. The highest BCUT2D eigenvalue weighted by Gasteiger charge is 2.18. The van der Waals surface area contributed by atoms with Gasteiger partial charge in [0.1, 0.15) is 0 Å². The Labute approximate surface area is 68.6 Å². The lowest BCUT2D eigenvalue weighted by molar-refractivity contribution is -0.134. The summed E-state index contributed by atoms with van der Waals surface area (Å²) >= 11 is 0. The molecule has 62 valence electrons. The van der Waals surface area contributed by atoms with Crippen LogP contribution in [0.2, 0.25) is 0 Å². The quantitative estimate of drug-likeness (QED) is 0.556. The van der Waals surface area contributed by atoms with Gasteiger partial charge in [0.2, 0.25) is 5.91 Å². The average Bonchev–Trinajstić information content (AvgIpc) is 2.05. The molecule has 0 aromatic rings. The molecule has 1 saturated heterocycles. The van der Waals surface area contributed by atoms with Crippen LogP contribution in [0.25, 0.3) is 0 Å². The van der Waals surface area contributed by atoms with Crippen LogP contribution in [0.15, 0.2) is 0 Å². The van der Waals surface area contributed by atoms with Crippen molar-refractivity contribution in [3.05, 3.63) is 6.42 Å². The zero-order valence-electron chi connectivity index (χ0n) is 7.26. The summed E-state index contributed by atoms with van der Waals surface area (Å²) in [6.45, 7) is 5.64. The zero-order valence-corrected chi connectivity index (χ0v) is 7.26. The van der Waals surface area contributed by atoms with E-state index in [1.54, 1.807) is 0 Å². The van der Waals surface area contributed by atoms with Crippen molar-refractivity contribution >= 4 is 5.91 Å². The second-order valence-corrected chi connectivity index (χ2v) is 3.23. The summed E-state index contributed by atoms with van der Waals surface area (Å²) in [5, 5.41) is 0. The van der Waals surface area contributed by atoms with Crippen LogP contribution >= 0.6 is 0 Å². The van der Waals surface area contributed by atoms with E-state index < -0.39 is 0 Å². The summed E-state index contributed by atoms with van der Waals surface area (Å²) in [5.41, 5.74) is 0. The monoisotopic (exact) mass is 153 g/mol. The lowest BCUT2D eigenvalue weighted by Crippen LogP contribution is -2.38. The topological polar surface area (TPSA) is 20.3 Å². The summed E-state index contributed by atoms with van der Waals surface area (Å²) in [6, 6.07) is 0. The minimum Gasteiger partial charge on any atom is -0.342 e. The average molecular weight is 153 g/mol. The maximum absolute atomic E-state index is 11.4. The molecule has 2 radical (unpaired) electrons. The van der Waals surface area contributed by atoms with Crippen molar-refractivity contribution in [3.8, 4) is 0 Å². The molecule has 2 nitrogen and oxygen atoms in total. The Morgan fingerprint density at radius 1 is 1.36 bits per heavy atom. The Bertz CT molecular complexity index is 136. The molecule has 1 fully saturated rings. The first-order valence-corrected chi connectivity index (χ1v) is 4.21. The number of amides is 1. The van der Waals surface area contributed by atoms with E-state index in [0.717, 1.165) is 25.9 Å². The van der Waals surface area contributed by atoms with Crippen LogP contribution in [0.5, 0.6) is 0 Å². The largest absolute Gasteiger partial charge is 0.342 e. The van der Waals surface area contributed by atoms with Crippen molar-refractivity contribution in [2.75, 3.05) is 13.1 Å². The van der Waals surface area contributed by atoms with Gasteiger partial charge in [-0.3, -0.25) is 4.79 Å². The SMILES string of the molecule is CC(C)C(=O)N1CC[C]CC1. The molecule has 0 atom stereocenters. The Hall–Kier alpha value is -0.530. The van der Waals surface area contributed by atoms with Crippen LogP contribution in [0.4, 0.5) is 0 Å². The van der Waals surface area contributed by atoms with Gasteiger partial charge in [-0.1, -0.05) is 13.8 Å². The first-order chi connectivity index (χ1) is 5.22.